The highest BCUT2D eigenvalue weighted by molar-refractivity contribution is 9.11. The highest BCUT2D eigenvalue weighted by Gasteiger charge is 2.23. The molecule has 1 aliphatic rings. The van der Waals surface area contributed by atoms with Crippen LogP contribution in [-0.4, -0.2) is 4.57 Å². The third-order valence-corrected chi connectivity index (χ3v) is 4.99. The molecule has 24 heavy (non-hydrogen) atoms. The molecule has 0 saturated heterocycles. The van der Waals surface area contributed by atoms with Crippen LogP contribution in [0.3, 0.4) is 0 Å². The van der Waals surface area contributed by atoms with Gasteiger partial charge in [-0.05, 0) is 73.0 Å². The highest BCUT2D eigenvalue weighted by Crippen LogP contribution is 2.33. The Bertz CT molecular complexity index is 811. The van der Waals surface area contributed by atoms with Gasteiger partial charge < -0.3 is 4.57 Å². The smallest absolute Gasteiger partial charge is 0.124 e. The van der Waals surface area contributed by atoms with Gasteiger partial charge in [-0.1, -0.05) is 39.7 Å². The van der Waals surface area contributed by atoms with Crippen LogP contribution in [0.25, 0.3) is 6.08 Å². The van der Waals surface area contributed by atoms with E-state index in [2.05, 4.69) is 39.6 Å². The lowest BCUT2D eigenvalue weighted by Gasteiger charge is -2.11. The first-order valence-corrected chi connectivity index (χ1v) is 9.29. The van der Waals surface area contributed by atoms with Gasteiger partial charge in [-0.3, -0.25) is 0 Å². The van der Waals surface area contributed by atoms with Crippen molar-refractivity contribution >= 4 is 33.6 Å². The maximum absolute atomic E-state index is 14.2. The Kier molecular flexibility index (Phi) is 5.31. The van der Waals surface area contributed by atoms with Crippen molar-refractivity contribution in [3.8, 4) is 0 Å². The van der Waals surface area contributed by atoms with Crippen LogP contribution in [0, 0.1) is 6.92 Å². The maximum atomic E-state index is 14.2. The Balaban J connectivity index is 2.01. The number of benzene rings is 1. The van der Waals surface area contributed by atoms with E-state index < -0.39 is 0 Å². The van der Waals surface area contributed by atoms with Crippen molar-refractivity contribution in [2.24, 2.45) is 0 Å². The average Bonchev–Trinajstić information content (AvgIpc) is 3.07. The van der Waals surface area contributed by atoms with Gasteiger partial charge in [-0.15, -0.1) is 0 Å². The molecule has 0 aliphatic heterocycles. The third kappa shape index (κ3) is 3.68. The molecule has 0 amide bonds. The fourth-order valence-corrected chi connectivity index (χ4v) is 3.77. The molecule has 1 heterocycles. The first-order valence-electron chi connectivity index (χ1n) is 8.12. The molecule has 0 atom stereocenters. The van der Waals surface area contributed by atoms with Crippen LogP contribution < -0.4 is 0 Å². The summed E-state index contributed by atoms with van der Waals surface area (Å²) in [6.07, 6.45) is 6.41. The third-order valence-electron chi connectivity index (χ3n) is 4.51. The minimum absolute atomic E-state index is 0.217. The van der Waals surface area contributed by atoms with Crippen LogP contribution in [0.4, 0.5) is 4.39 Å². The van der Waals surface area contributed by atoms with Gasteiger partial charge in [0.15, 0.2) is 0 Å². The molecule has 0 unspecified atom stereocenters. The summed E-state index contributed by atoms with van der Waals surface area (Å²) in [6.45, 7) is 4.71. The number of aromatic nitrogens is 1. The molecule has 1 aromatic heterocycles. The molecule has 1 aliphatic carbocycles. The van der Waals surface area contributed by atoms with Crippen molar-refractivity contribution in [2.75, 3.05) is 0 Å². The molecule has 0 radical (unpaired) electrons. The summed E-state index contributed by atoms with van der Waals surface area (Å²) in [5.74, 6) is -0.217. The predicted molar refractivity (Wildman–Crippen MR) is 104 cm³/mol. The Labute approximate surface area is 156 Å². The van der Waals surface area contributed by atoms with Crippen molar-refractivity contribution < 1.29 is 4.39 Å². The van der Waals surface area contributed by atoms with Crippen LogP contribution in [0.2, 0.25) is 5.02 Å². The fraction of sp³-hybridized carbons (Fsp3) is 0.300. The van der Waals surface area contributed by atoms with Gasteiger partial charge in [0.05, 0.1) is 0 Å². The highest BCUT2D eigenvalue weighted by atomic mass is 79.9. The molecule has 0 bridgehead atoms. The van der Waals surface area contributed by atoms with Gasteiger partial charge in [-0.25, -0.2) is 4.39 Å². The molecule has 0 saturated carbocycles. The molecule has 3 rings (SSSR count). The summed E-state index contributed by atoms with van der Waals surface area (Å²) in [4.78, 5) is 0. The summed E-state index contributed by atoms with van der Waals surface area (Å²) < 4.78 is 17.3. The summed E-state index contributed by atoms with van der Waals surface area (Å²) in [5.41, 5.74) is 6.03. The second-order valence-electron chi connectivity index (χ2n) is 6.25. The van der Waals surface area contributed by atoms with E-state index in [1.54, 1.807) is 6.08 Å². The number of allylic oxidation sites excluding steroid dienone is 3. The van der Waals surface area contributed by atoms with Gasteiger partial charge in [0.25, 0.3) is 0 Å². The molecule has 0 spiro atoms. The van der Waals surface area contributed by atoms with Crippen molar-refractivity contribution in [1.82, 2.24) is 4.57 Å². The van der Waals surface area contributed by atoms with Gasteiger partial charge >= 0.3 is 0 Å². The normalized spacial score (nSPS) is 15.0. The monoisotopic (exact) mass is 407 g/mol. The van der Waals surface area contributed by atoms with Gasteiger partial charge in [0.1, 0.15) is 5.83 Å². The summed E-state index contributed by atoms with van der Waals surface area (Å²) in [7, 11) is 0. The SMILES string of the molecule is C/C(Br)=C\C(F)=C/c1c2c(n(Cc3ccc(Cl)cc3)c1C)CCC2. The molecule has 0 fully saturated rings. The lowest BCUT2D eigenvalue weighted by Crippen LogP contribution is -2.05. The Morgan fingerprint density at radius 1 is 1.29 bits per heavy atom. The number of hydrogen-bond donors (Lipinski definition) is 0. The van der Waals surface area contributed by atoms with Crippen molar-refractivity contribution in [3.63, 3.8) is 0 Å². The molecule has 2 aromatic rings. The zero-order chi connectivity index (χ0) is 17.3. The predicted octanol–water partition coefficient (Wildman–Crippen LogP) is 6.60. The summed E-state index contributed by atoms with van der Waals surface area (Å²) >= 11 is 9.27. The first-order chi connectivity index (χ1) is 11.5. The minimum Gasteiger partial charge on any atom is -0.344 e. The van der Waals surface area contributed by atoms with Gasteiger partial charge in [-0.2, -0.15) is 0 Å². The average molecular weight is 409 g/mol. The fourth-order valence-electron chi connectivity index (χ4n) is 3.43. The largest absolute Gasteiger partial charge is 0.344 e. The second kappa shape index (κ2) is 7.28. The molecule has 126 valence electrons. The molecular formula is C20H20BrClFN. The Morgan fingerprint density at radius 2 is 2.00 bits per heavy atom. The van der Waals surface area contributed by atoms with Crippen LogP contribution in [-0.2, 0) is 19.4 Å². The molecule has 1 nitrogen and oxygen atoms in total. The van der Waals surface area contributed by atoms with Crippen LogP contribution in [0.15, 0.2) is 40.7 Å². The van der Waals surface area contributed by atoms with Crippen molar-refractivity contribution in [2.45, 2.75) is 39.7 Å². The molecular weight excluding hydrogens is 389 g/mol. The zero-order valence-corrected chi connectivity index (χ0v) is 16.2. The van der Waals surface area contributed by atoms with Crippen LogP contribution >= 0.6 is 27.5 Å². The van der Waals surface area contributed by atoms with E-state index in [0.717, 1.165) is 46.6 Å². The van der Waals surface area contributed by atoms with E-state index in [0.29, 0.717) is 0 Å². The van der Waals surface area contributed by atoms with Crippen LogP contribution in [0.5, 0.6) is 0 Å². The van der Waals surface area contributed by atoms with E-state index in [9.17, 15) is 4.39 Å². The number of nitrogens with zero attached hydrogens (tertiary/aromatic N) is 1. The van der Waals surface area contributed by atoms with E-state index >= 15 is 0 Å². The number of hydrogen-bond acceptors (Lipinski definition) is 0. The van der Waals surface area contributed by atoms with E-state index in [-0.39, 0.29) is 5.83 Å². The van der Waals surface area contributed by atoms with Gasteiger partial charge in [0.2, 0.25) is 0 Å². The minimum atomic E-state index is -0.217. The standard InChI is InChI=1S/C20H20BrClFN/c1-13(21)10-17(23)11-19-14(2)24(20-5-3-4-18(19)20)12-15-6-8-16(22)9-7-15/h6-11H,3-5,12H2,1-2H3/b13-10+,17-11+. The maximum Gasteiger partial charge on any atom is 0.124 e. The number of rotatable bonds is 4. The van der Waals surface area contributed by atoms with Gasteiger partial charge in [0, 0.05) is 28.5 Å². The van der Waals surface area contributed by atoms with E-state index in [1.165, 1.54) is 22.9 Å². The van der Waals surface area contributed by atoms with Crippen molar-refractivity contribution in [3.05, 3.63) is 73.8 Å². The topological polar surface area (TPSA) is 4.93 Å². The molecule has 1 aromatic carbocycles. The number of halogens is 3. The second-order valence-corrected chi connectivity index (χ2v) is 7.94. The zero-order valence-electron chi connectivity index (χ0n) is 13.9. The van der Waals surface area contributed by atoms with Crippen LogP contribution in [0.1, 0.15) is 41.4 Å². The lowest BCUT2D eigenvalue weighted by molar-refractivity contribution is 0.673. The summed E-state index contributed by atoms with van der Waals surface area (Å²) in [6, 6.07) is 7.94. The summed E-state index contributed by atoms with van der Waals surface area (Å²) in [5, 5.41) is 0.746. The Hall–Kier alpha value is -1.32. The Morgan fingerprint density at radius 3 is 2.67 bits per heavy atom. The first kappa shape index (κ1) is 17.5. The number of fused-ring (bicyclic) bond motifs is 1. The molecule has 4 heteroatoms. The van der Waals surface area contributed by atoms with E-state index in [1.807, 2.05) is 19.1 Å². The van der Waals surface area contributed by atoms with E-state index in [4.69, 9.17) is 11.6 Å². The quantitative estimate of drug-likeness (QED) is 0.502. The van der Waals surface area contributed by atoms with Crippen molar-refractivity contribution in [1.29, 1.82) is 0 Å². The molecule has 0 N–H and O–H groups in total. The lowest BCUT2D eigenvalue weighted by atomic mass is 10.1.